The Bertz CT molecular complexity index is 814. The van der Waals surface area contributed by atoms with Crippen molar-refractivity contribution in [3.8, 4) is 5.75 Å². The van der Waals surface area contributed by atoms with Gasteiger partial charge in [-0.1, -0.05) is 49.7 Å². The normalized spacial score (nSPS) is 22.4. The molecule has 1 saturated carbocycles. The smallest absolute Gasteiger partial charge is 0.306 e. The van der Waals surface area contributed by atoms with E-state index in [2.05, 4.69) is 69.3 Å². The average Bonchev–Trinajstić information content (AvgIpc) is 2.74. The van der Waals surface area contributed by atoms with Gasteiger partial charge in [-0.3, -0.25) is 4.79 Å². The highest BCUT2D eigenvalue weighted by Gasteiger charge is 2.34. The molecule has 0 aromatic heterocycles. The van der Waals surface area contributed by atoms with E-state index in [1.54, 1.807) is 0 Å². The van der Waals surface area contributed by atoms with Gasteiger partial charge < -0.3 is 9.84 Å². The molecule has 1 unspecified atom stereocenters. The predicted molar refractivity (Wildman–Crippen MR) is 122 cm³/mol. The number of hydrogen-bond acceptors (Lipinski definition) is 2. The van der Waals surface area contributed by atoms with Crippen molar-refractivity contribution < 1.29 is 14.6 Å². The lowest BCUT2D eigenvalue weighted by molar-refractivity contribution is -0.143. The van der Waals surface area contributed by atoms with Crippen LogP contribution in [0.4, 0.5) is 0 Å². The van der Waals surface area contributed by atoms with Gasteiger partial charge in [0, 0.05) is 0 Å². The molecule has 1 aliphatic carbocycles. The zero-order valence-electron chi connectivity index (χ0n) is 18.6. The maximum Gasteiger partial charge on any atom is 0.306 e. The fourth-order valence-corrected chi connectivity index (χ4v) is 4.99. The van der Waals surface area contributed by atoms with Gasteiger partial charge >= 0.3 is 5.97 Å². The second kappa shape index (κ2) is 10.7. The van der Waals surface area contributed by atoms with E-state index in [0.29, 0.717) is 11.8 Å². The van der Waals surface area contributed by atoms with Gasteiger partial charge in [-0.05, 0) is 93.0 Å². The van der Waals surface area contributed by atoms with Crippen LogP contribution in [0.1, 0.15) is 75.0 Å². The molecule has 3 rings (SSSR count). The minimum absolute atomic E-state index is 0.174. The summed E-state index contributed by atoms with van der Waals surface area (Å²) in [4.78, 5) is 11.5. The van der Waals surface area contributed by atoms with E-state index in [1.165, 1.54) is 16.7 Å². The minimum atomic E-state index is -0.642. The Hall–Kier alpha value is -2.29. The standard InChI is InChI=1S/C27H36O3/c1-4-22-13-14-23(27(28)29)18-26(22)25-16-15-24(17-19(25)2)30-20(3)9-8-12-21-10-6-5-7-11-21/h5-7,10-11,15-17,20,22-23,26H,4,8-9,12-14,18H2,1-3H3,(H,28,29)/t20-,22+,23+,26?/m0/s1. The molecule has 0 spiro atoms. The van der Waals surface area contributed by atoms with Crippen LogP contribution in [-0.4, -0.2) is 17.2 Å². The van der Waals surface area contributed by atoms with Crippen LogP contribution in [0.3, 0.4) is 0 Å². The number of aryl methyl sites for hydroxylation is 2. The van der Waals surface area contributed by atoms with Crippen molar-refractivity contribution >= 4 is 5.97 Å². The van der Waals surface area contributed by atoms with Crippen LogP contribution in [0.5, 0.6) is 5.75 Å². The van der Waals surface area contributed by atoms with E-state index in [-0.39, 0.29) is 12.0 Å². The highest BCUT2D eigenvalue weighted by Crippen LogP contribution is 2.43. The van der Waals surface area contributed by atoms with Crippen LogP contribution in [0.15, 0.2) is 48.5 Å². The summed E-state index contributed by atoms with van der Waals surface area (Å²) < 4.78 is 6.19. The second-order valence-electron chi connectivity index (χ2n) is 8.95. The summed E-state index contributed by atoms with van der Waals surface area (Å²) in [6.07, 6.45) is 7.07. The van der Waals surface area contributed by atoms with Crippen molar-refractivity contribution in [2.75, 3.05) is 0 Å². The number of aliphatic carboxylic acids is 1. The average molecular weight is 409 g/mol. The first-order valence-electron chi connectivity index (χ1n) is 11.5. The van der Waals surface area contributed by atoms with Gasteiger partial charge in [0.1, 0.15) is 5.75 Å². The highest BCUT2D eigenvalue weighted by molar-refractivity contribution is 5.70. The number of carboxylic acids is 1. The van der Waals surface area contributed by atoms with E-state index in [9.17, 15) is 9.90 Å². The second-order valence-corrected chi connectivity index (χ2v) is 8.95. The molecule has 0 bridgehead atoms. The molecular formula is C27H36O3. The van der Waals surface area contributed by atoms with E-state index in [4.69, 9.17) is 4.74 Å². The van der Waals surface area contributed by atoms with Crippen LogP contribution in [0, 0.1) is 18.8 Å². The van der Waals surface area contributed by atoms with Crippen molar-refractivity contribution in [2.24, 2.45) is 11.8 Å². The molecule has 30 heavy (non-hydrogen) atoms. The van der Waals surface area contributed by atoms with Gasteiger partial charge in [-0.2, -0.15) is 0 Å². The molecule has 0 heterocycles. The Labute approximate surface area is 181 Å². The maximum absolute atomic E-state index is 11.5. The molecule has 1 fully saturated rings. The highest BCUT2D eigenvalue weighted by atomic mass is 16.5. The lowest BCUT2D eigenvalue weighted by Crippen LogP contribution is -2.28. The third-order valence-electron chi connectivity index (χ3n) is 6.76. The van der Waals surface area contributed by atoms with Crippen LogP contribution < -0.4 is 4.74 Å². The van der Waals surface area contributed by atoms with Gasteiger partial charge in [0.05, 0.1) is 12.0 Å². The number of ether oxygens (including phenoxy) is 1. The molecule has 0 saturated heterocycles. The summed E-state index contributed by atoms with van der Waals surface area (Å²) in [6.45, 7) is 6.50. The topological polar surface area (TPSA) is 46.5 Å². The van der Waals surface area contributed by atoms with Crippen LogP contribution >= 0.6 is 0 Å². The van der Waals surface area contributed by atoms with Gasteiger partial charge in [0.15, 0.2) is 0 Å². The van der Waals surface area contributed by atoms with Crippen LogP contribution in [-0.2, 0) is 11.2 Å². The number of rotatable bonds is 9. The van der Waals surface area contributed by atoms with Gasteiger partial charge in [-0.15, -0.1) is 0 Å². The number of hydrogen-bond donors (Lipinski definition) is 1. The van der Waals surface area contributed by atoms with E-state index in [1.807, 2.05) is 0 Å². The van der Waals surface area contributed by atoms with Gasteiger partial charge in [0.2, 0.25) is 0 Å². The molecule has 0 amide bonds. The first-order valence-corrected chi connectivity index (χ1v) is 11.5. The fourth-order valence-electron chi connectivity index (χ4n) is 4.99. The lowest BCUT2D eigenvalue weighted by Gasteiger charge is -2.35. The molecule has 1 N–H and O–H groups in total. The fraction of sp³-hybridized carbons (Fsp3) is 0.519. The summed E-state index contributed by atoms with van der Waals surface area (Å²) in [6, 6.07) is 17.0. The molecule has 3 heteroatoms. The van der Waals surface area contributed by atoms with Crippen LogP contribution in [0.2, 0.25) is 0 Å². The largest absolute Gasteiger partial charge is 0.491 e. The van der Waals surface area contributed by atoms with Crippen molar-refractivity contribution in [2.45, 2.75) is 77.7 Å². The molecule has 3 nitrogen and oxygen atoms in total. The molecule has 1 aliphatic rings. The van der Waals surface area contributed by atoms with Gasteiger partial charge in [0.25, 0.3) is 0 Å². The number of benzene rings is 2. The predicted octanol–water partition coefficient (Wildman–Crippen LogP) is 6.78. The summed E-state index contributed by atoms with van der Waals surface area (Å²) in [7, 11) is 0. The number of carboxylic acid groups (broad SMARTS) is 1. The summed E-state index contributed by atoms with van der Waals surface area (Å²) in [5, 5.41) is 9.50. The summed E-state index contributed by atoms with van der Waals surface area (Å²) in [5.74, 6) is 0.974. The molecule has 162 valence electrons. The SMILES string of the molecule is CC[C@@H]1CC[C@@H](C(=O)O)CC1c1ccc(O[C@@H](C)CCCc2ccccc2)cc1C. The Morgan fingerprint density at radius 2 is 1.93 bits per heavy atom. The molecule has 4 atom stereocenters. The first kappa shape index (κ1) is 22.4. The first-order chi connectivity index (χ1) is 14.5. The molecule has 0 aliphatic heterocycles. The van der Waals surface area contributed by atoms with Crippen molar-refractivity contribution in [1.29, 1.82) is 0 Å². The number of carbonyl (C=O) groups is 1. The third-order valence-corrected chi connectivity index (χ3v) is 6.76. The minimum Gasteiger partial charge on any atom is -0.491 e. The zero-order chi connectivity index (χ0) is 21.5. The zero-order valence-corrected chi connectivity index (χ0v) is 18.6. The van der Waals surface area contributed by atoms with Crippen LogP contribution in [0.25, 0.3) is 0 Å². The monoisotopic (exact) mass is 408 g/mol. The molecule has 0 radical (unpaired) electrons. The van der Waals surface area contributed by atoms with Gasteiger partial charge in [-0.25, -0.2) is 0 Å². The Morgan fingerprint density at radius 1 is 1.17 bits per heavy atom. The Balaban J connectivity index is 1.59. The quantitative estimate of drug-likeness (QED) is 0.497. The molecule has 2 aromatic carbocycles. The van der Waals surface area contributed by atoms with Crippen molar-refractivity contribution in [3.05, 3.63) is 65.2 Å². The van der Waals surface area contributed by atoms with Crippen molar-refractivity contribution in [3.63, 3.8) is 0 Å². The lowest BCUT2D eigenvalue weighted by atomic mass is 9.69. The third kappa shape index (κ3) is 5.87. The van der Waals surface area contributed by atoms with E-state index in [0.717, 1.165) is 50.7 Å². The van der Waals surface area contributed by atoms with Crippen molar-refractivity contribution in [1.82, 2.24) is 0 Å². The van der Waals surface area contributed by atoms with E-state index < -0.39 is 5.97 Å². The maximum atomic E-state index is 11.5. The summed E-state index contributed by atoms with van der Waals surface area (Å²) in [5.41, 5.74) is 3.90. The van der Waals surface area contributed by atoms with E-state index >= 15 is 0 Å². The molecular weight excluding hydrogens is 372 g/mol. The molecule has 2 aromatic rings. The summed E-state index contributed by atoms with van der Waals surface area (Å²) >= 11 is 0. The Morgan fingerprint density at radius 3 is 2.60 bits per heavy atom. The Kier molecular flexibility index (Phi) is 7.95.